The van der Waals surface area contributed by atoms with E-state index in [0.717, 1.165) is 5.56 Å². The number of nitrogens with zero attached hydrogens (tertiary/aromatic N) is 1. The zero-order valence-corrected chi connectivity index (χ0v) is 17.7. The molecule has 0 saturated heterocycles. The predicted octanol–water partition coefficient (Wildman–Crippen LogP) is 3.89. The molecule has 0 aliphatic carbocycles. The fraction of sp³-hybridized carbons (Fsp3) is 0.238. The van der Waals surface area contributed by atoms with Gasteiger partial charge in [-0.05, 0) is 56.2 Å². The van der Waals surface area contributed by atoms with Crippen molar-refractivity contribution < 1.29 is 22.5 Å². The van der Waals surface area contributed by atoms with Crippen LogP contribution in [0.1, 0.15) is 24.7 Å². The lowest BCUT2D eigenvalue weighted by atomic mass is 10.2. The smallest absolute Gasteiger partial charge is 0.265 e. The molecule has 0 radical (unpaired) electrons. The molecule has 9 heteroatoms. The molecular formula is C21H23N3O5S. The predicted molar refractivity (Wildman–Crippen MR) is 113 cm³/mol. The van der Waals surface area contributed by atoms with Gasteiger partial charge in [-0.15, -0.1) is 0 Å². The highest BCUT2D eigenvalue weighted by molar-refractivity contribution is 7.92. The van der Waals surface area contributed by atoms with Crippen molar-refractivity contribution in [3.05, 3.63) is 65.9 Å². The Labute approximate surface area is 175 Å². The van der Waals surface area contributed by atoms with Crippen LogP contribution in [-0.2, 0) is 14.8 Å². The van der Waals surface area contributed by atoms with Crippen LogP contribution in [-0.4, -0.2) is 25.6 Å². The highest BCUT2D eigenvalue weighted by Gasteiger charge is 2.20. The summed E-state index contributed by atoms with van der Waals surface area (Å²) in [6.07, 6.45) is -0.195. The zero-order valence-electron chi connectivity index (χ0n) is 16.9. The Morgan fingerprint density at radius 1 is 1.13 bits per heavy atom. The summed E-state index contributed by atoms with van der Waals surface area (Å²) in [5, 5.41) is 6.37. The van der Waals surface area contributed by atoms with Crippen molar-refractivity contribution in [3.63, 3.8) is 0 Å². The van der Waals surface area contributed by atoms with Crippen LogP contribution in [0.25, 0.3) is 0 Å². The fourth-order valence-electron chi connectivity index (χ4n) is 2.72. The van der Waals surface area contributed by atoms with Gasteiger partial charge in [0.15, 0.2) is 11.9 Å². The first-order valence-corrected chi connectivity index (χ1v) is 10.9. The summed E-state index contributed by atoms with van der Waals surface area (Å²) in [5.74, 6) is 0.927. The summed E-state index contributed by atoms with van der Waals surface area (Å²) in [7, 11) is -3.82. The summed E-state index contributed by atoms with van der Waals surface area (Å²) < 4.78 is 37.9. The molecule has 3 aromatic rings. The Bertz CT molecular complexity index is 1120. The number of hydrogen-bond donors (Lipinski definition) is 2. The largest absolute Gasteiger partial charge is 0.480 e. The number of carbonyl (C=O) groups excluding carboxylic acids is 1. The summed E-state index contributed by atoms with van der Waals surface area (Å²) in [5.41, 5.74) is 1.40. The molecule has 0 spiro atoms. The van der Waals surface area contributed by atoms with Gasteiger partial charge < -0.3 is 14.6 Å². The van der Waals surface area contributed by atoms with Crippen LogP contribution in [0.2, 0.25) is 0 Å². The SMILES string of the molecule is CC[C@@H](Oc1ccccc1C)C(=O)Nc1ccc(S(=O)(=O)Nc2cc(C)on2)cc1. The first-order valence-electron chi connectivity index (χ1n) is 9.38. The van der Waals surface area contributed by atoms with Crippen molar-refractivity contribution in [2.75, 3.05) is 10.0 Å². The van der Waals surface area contributed by atoms with Gasteiger partial charge in [0.2, 0.25) is 0 Å². The van der Waals surface area contributed by atoms with Gasteiger partial charge in [0.25, 0.3) is 15.9 Å². The van der Waals surface area contributed by atoms with Crippen molar-refractivity contribution in [2.45, 2.75) is 38.2 Å². The second kappa shape index (κ2) is 9.00. The number of hydrogen-bond acceptors (Lipinski definition) is 6. The van der Waals surface area contributed by atoms with E-state index in [2.05, 4.69) is 15.2 Å². The number of nitrogens with one attached hydrogen (secondary N) is 2. The van der Waals surface area contributed by atoms with Crippen molar-refractivity contribution >= 4 is 27.4 Å². The summed E-state index contributed by atoms with van der Waals surface area (Å²) >= 11 is 0. The van der Waals surface area contributed by atoms with E-state index in [1.54, 1.807) is 6.92 Å². The average molecular weight is 429 g/mol. The molecular weight excluding hydrogens is 406 g/mol. The van der Waals surface area contributed by atoms with Gasteiger partial charge >= 0.3 is 0 Å². The molecule has 1 atom stereocenters. The molecule has 1 aromatic heterocycles. The third-order valence-corrected chi connectivity index (χ3v) is 5.70. The molecule has 8 nitrogen and oxygen atoms in total. The maximum absolute atomic E-state index is 12.6. The molecule has 158 valence electrons. The van der Waals surface area contributed by atoms with Gasteiger partial charge in [-0.3, -0.25) is 9.52 Å². The van der Waals surface area contributed by atoms with E-state index < -0.39 is 16.1 Å². The first kappa shape index (κ1) is 21.4. The molecule has 0 bridgehead atoms. The van der Waals surface area contributed by atoms with E-state index in [0.29, 0.717) is 23.6 Å². The highest BCUT2D eigenvalue weighted by Crippen LogP contribution is 2.21. The second-order valence-corrected chi connectivity index (χ2v) is 8.40. The molecule has 0 aliphatic heterocycles. The lowest BCUT2D eigenvalue weighted by molar-refractivity contribution is -0.122. The standard InChI is InChI=1S/C21H23N3O5S/c1-4-18(28-19-8-6-5-7-14(19)2)21(25)22-16-9-11-17(12-10-16)30(26,27)24-20-13-15(3)29-23-20/h5-13,18H,4H2,1-3H3,(H,22,25)(H,23,24)/t18-/m1/s1. The number of sulfonamides is 1. The summed E-state index contributed by atoms with van der Waals surface area (Å²) in [6.45, 7) is 5.43. The number of aromatic nitrogens is 1. The molecule has 3 rings (SSSR count). The Morgan fingerprint density at radius 2 is 1.83 bits per heavy atom. The van der Waals surface area contributed by atoms with Gasteiger partial charge in [0.1, 0.15) is 11.5 Å². The quantitative estimate of drug-likeness (QED) is 0.562. The van der Waals surface area contributed by atoms with Crippen molar-refractivity contribution in [3.8, 4) is 5.75 Å². The van der Waals surface area contributed by atoms with Gasteiger partial charge in [-0.25, -0.2) is 8.42 Å². The minimum atomic E-state index is -3.82. The number of anilines is 2. The lowest BCUT2D eigenvalue weighted by Gasteiger charge is -2.18. The number of carbonyl (C=O) groups is 1. The third kappa shape index (κ3) is 5.18. The van der Waals surface area contributed by atoms with Gasteiger partial charge in [-0.1, -0.05) is 30.3 Å². The number of para-hydroxylation sites is 1. The van der Waals surface area contributed by atoms with E-state index in [9.17, 15) is 13.2 Å². The summed E-state index contributed by atoms with van der Waals surface area (Å²) in [4.78, 5) is 12.6. The normalized spacial score (nSPS) is 12.2. The average Bonchev–Trinajstić information content (AvgIpc) is 3.11. The van der Waals surface area contributed by atoms with Crippen molar-refractivity contribution in [1.29, 1.82) is 0 Å². The van der Waals surface area contributed by atoms with Crippen LogP contribution >= 0.6 is 0 Å². The Hall–Kier alpha value is -3.33. The Morgan fingerprint density at radius 3 is 2.43 bits per heavy atom. The Kier molecular flexibility index (Phi) is 6.41. The number of amides is 1. The fourth-order valence-corrected chi connectivity index (χ4v) is 3.70. The minimum absolute atomic E-state index is 0.0318. The van der Waals surface area contributed by atoms with E-state index >= 15 is 0 Å². The van der Waals surface area contributed by atoms with Crippen molar-refractivity contribution in [1.82, 2.24) is 5.16 Å². The Balaban J connectivity index is 1.66. The maximum atomic E-state index is 12.6. The number of benzene rings is 2. The third-order valence-electron chi connectivity index (χ3n) is 4.33. The molecule has 2 aromatic carbocycles. The van der Waals surface area contributed by atoms with Crippen LogP contribution in [0.5, 0.6) is 5.75 Å². The molecule has 2 N–H and O–H groups in total. The van der Waals surface area contributed by atoms with Crippen molar-refractivity contribution in [2.24, 2.45) is 0 Å². The number of aryl methyl sites for hydroxylation is 2. The topological polar surface area (TPSA) is 111 Å². The lowest BCUT2D eigenvalue weighted by Crippen LogP contribution is -2.32. The highest BCUT2D eigenvalue weighted by atomic mass is 32.2. The number of rotatable bonds is 8. The molecule has 1 heterocycles. The first-order chi connectivity index (χ1) is 14.3. The molecule has 0 fully saturated rings. The molecule has 0 unspecified atom stereocenters. The van der Waals surface area contributed by atoms with Crippen LogP contribution < -0.4 is 14.8 Å². The van der Waals surface area contributed by atoms with E-state index in [1.807, 2.05) is 38.1 Å². The van der Waals surface area contributed by atoms with Gasteiger partial charge in [-0.2, -0.15) is 0 Å². The van der Waals surface area contributed by atoms with Gasteiger partial charge in [0, 0.05) is 11.8 Å². The van der Waals surface area contributed by atoms with E-state index in [1.165, 1.54) is 30.3 Å². The number of ether oxygens (including phenoxy) is 1. The summed E-state index contributed by atoms with van der Waals surface area (Å²) in [6, 6.07) is 14.8. The molecule has 1 amide bonds. The maximum Gasteiger partial charge on any atom is 0.265 e. The van der Waals surface area contributed by atoms with E-state index in [-0.39, 0.29) is 16.6 Å². The van der Waals surface area contributed by atoms with Crippen LogP contribution in [0.4, 0.5) is 11.5 Å². The molecule has 0 aliphatic rings. The molecule has 0 saturated carbocycles. The van der Waals surface area contributed by atoms with Gasteiger partial charge in [0.05, 0.1) is 4.90 Å². The van der Waals surface area contributed by atoms with E-state index in [4.69, 9.17) is 9.26 Å². The van der Waals surface area contributed by atoms with Crippen LogP contribution in [0, 0.1) is 13.8 Å². The van der Waals surface area contributed by atoms with Crippen LogP contribution in [0.3, 0.4) is 0 Å². The second-order valence-electron chi connectivity index (χ2n) is 6.72. The minimum Gasteiger partial charge on any atom is -0.480 e. The monoisotopic (exact) mass is 429 g/mol. The van der Waals surface area contributed by atoms with Crippen LogP contribution in [0.15, 0.2) is 64.0 Å². The molecule has 30 heavy (non-hydrogen) atoms. The zero-order chi connectivity index (χ0) is 21.7.